The lowest BCUT2D eigenvalue weighted by Crippen LogP contribution is -2.01. The molecular formula is C9H9BrFN. The number of halogens is 2. The van der Waals surface area contributed by atoms with Crippen LogP contribution in [0, 0.1) is 5.82 Å². The highest BCUT2D eigenvalue weighted by Crippen LogP contribution is 2.19. The molecule has 0 radical (unpaired) electrons. The van der Waals surface area contributed by atoms with E-state index < -0.39 is 0 Å². The van der Waals surface area contributed by atoms with Crippen LogP contribution in [0.25, 0.3) is 5.57 Å². The first-order valence-electron chi connectivity index (χ1n) is 3.48. The van der Waals surface area contributed by atoms with Gasteiger partial charge in [0.15, 0.2) is 0 Å². The van der Waals surface area contributed by atoms with Gasteiger partial charge in [-0.1, -0.05) is 22.5 Å². The van der Waals surface area contributed by atoms with Gasteiger partial charge in [-0.25, -0.2) is 4.39 Å². The van der Waals surface area contributed by atoms with Crippen molar-refractivity contribution in [1.29, 1.82) is 0 Å². The summed E-state index contributed by atoms with van der Waals surface area (Å²) in [6, 6.07) is 4.60. The molecule has 0 fully saturated rings. The minimum Gasteiger partial charge on any atom is -0.326 e. The standard InChI is InChI=1S/C9H9BrFN/c1-6(5-12)7-2-8(10)4-9(11)3-7/h2-4H,1,5,12H2. The highest BCUT2D eigenvalue weighted by Gasteiger charge is 2.00. The van der Waals surface area contributed by atoms with Gasteiger partial charge in [-0.2, -0.15) is 0 Å². The summed E-state index contributed by atoms with van der Waals surface area (Å²) in [4.78, 5) is 0. The lowest BCUT2D eigenvalue weighted by molar-refractivity contribution is 0.626. The molecule has 1 nitrogen and oxygen atoms in total. The summed E-state index contributed by atoms with van der Waals surface area (Å²) in [7, 11) is 0. The third-order valence-corrected chi connectivity index (χ3v) is 1.98. The summed E-state index contributed by atoms with van der Waals surface area (Å²) in [5.41, 5.74) is 6.84. The van der Waals surface area contributed by atoms with Crippen LogP contribution in [-0.4, -0.2) is 6.54 Å². The normalized spacial score (nSPS) is 9.92. The zero-order valence-electron chi connectivity index (χ0n) is 6.48. The van der Waals surface area contributed by atoms with Gasteiger partial charge in [0.05, 0.1) is 0 Å². The fourth-order valence-electron chi connectivity index (χ4n) is 0.876. The van der Waals surface area contributed by atoms with Crippen LogP contribution in [0.4, 0.5) is 4.39 Å². The second kappa shape index (κ2) is 3.83. The Morgan fingerprint density at radius 2 is 2.17 bits per heavy atom. The van der Waals surface area contributed by atoms with Crippen LogP contribution in [0.2, 0.25) is 0 Å². The minimum absolute atomic E-state index is 0.283. The SMILES string of the molecule is C=C(CN)c1cc(F)cc(Br)c1. The van der Waals surface area contributed by atoms with E-state index in [0.29, 0.717) is 11.0 Å². The molecule has 1 aromatic rings. The summed E-state index contributed by atoms with van der Waals surface area (Å²) >= 11 is 3.19. The molecule has 1 rings (SSSR count). The van der Waals surface area contributed by atoms with Crippen molar-refractivity contribution in [2.75, 3.05) is 6.54 Å². The quantitative estimate of drug-likeness (QED) is 0.830. The first-order valence-corrected chi connectivity index (χ1v) is 4.27. The molecule has 0 saturated heterocycles. The molecule has 64 valence electrons. The Kier molecular flexibility index (Phi) is 3.00. The van der Waals surface area contributed by atoms with Crippen molar-refractivity contribution < 1.29 is 4.39 Å². The maximum absolute atomic E-state index is 12.8. The van der Waals surface area contributed by atoms with E-state index in [9.17, 15) is 4.39 Å². The van der Waals surface area contributed by atoms with Crippen LogP contribution in [0.3, 0.4) is 0 Å². The molecule has 2 N–H and O–H groups in total. The number of nitrogens with two attached hydrogens (primary N) is 1. The third-order valence-electron chi connectivity index (χ3n) is 1.52. The van der Waals surface area contributed by atoms with Gasteiger partial charge in [0, 0.05) is 11.0 Å². The van der Waals surface area contributed by atoms with Gasteiger partial charge in [0.25, 0.3) is 0 Å². The van der Waals surface area contributed by atoms with Crippen LogP contribution in [-0.2, 0) is 0 Å². The van der Waals surface area contributed by atoms with Crippen LogP contribution < -0.4 is 5.73 Å². The van der Waals surface area contributed by atoms with Crippen molar-refractivity contribution in [2.45, 2.75) is 0 Å². The van der Waals surface area contributed by atoms with Crippen molar-refractivity contribution in [3.63, 3.8) is 0 Å². The fraction of sp³-hybridized carbons (Fsp3) is 0.111. The van der Waals surface area contributed by atoms with Gasteiger partial charge in [-0.05, 0) is 29.3 Å². The van der Waals surface area contributed by atoms with Gasteiger partial charge in [0.2, 0.25) is 0 Å². The van der Waals surface area contributed by atoms with E-state index in [-0.39, 0.29) is 5.82 Å². The fourth-order valence-corrected chi connectivity index (χ4v) is 1.34. The lowest BCUT2D eigenvalue weighted by atomic mass is 10.1. The third kappa shape index (κ3) is 2.16. The van der Waals surface area contributed by atoms with E-state index >= 15 is 0 Å². The second-order valence-electron chi connectivity index (χ2n) is 2.47. The topological polar surface area (TPSA) is 26.0 Å². The molecule has 0 bridgehead atoms. The summed E-state index contributed by atoms with van der Waals surface area (Å²) in [6.45, 7) is 4.06. The molecule has 12 heavy (non-hydrogen) atoms. The van der Waals surface area contributed by atoms with E-state index in [1.807, 2.05) is 0 Å². The van der Waals surface area contributed by atoms with Crippen molar-refractivity contribution >= 4 is 21.5 Å². The Bertz CT molecular complexity index is 289. The van der Waals surface area contributed by atoms with E-state index in [2.05, 4.69) is 22.5 Å². The number of hydrogen-bond donors (Lipinski definition) is 1. The molecule has 0 aromatic heterocycles. The highest BCUT2D eigenvalue weighted by atomic mass is 79.9. The molecule has 0 atom stereocenters. The molecule has 0 aliphatic carbocycles. The maximum Gasteiger partial charge on any atom is 0.124 e. The van der Waals surface area contributed by atoms with Crippen LogP contribution in [0.1, 0.15) is 5.56 Å². The molecule has 0 saturated carbocycles. The molecule has 0 aliphatic rings. The summed E-state index contributed by atoms with van der Waals surface area (Å²) in [6.07, 6.45) is 0. The predicted molar refractivity (Wildman–Crippen MR) is 52.2 cm³/mol. The van der Waals surface area contributed by atoms with E-state index in [1.54, 1.807) is 6.07 Å². The molecule has 0 heterocycles. The van der Waals surface area contributed by atoms with Crippen molar-refractivity contribution in [3.05, 3.63) is 40.6 Å². The van der Waals surface area contributed by atoms with Crippen LogP contribution in [0.15, 0.2) is 29.3 Å². The monoisotopic (exact) mass is 229 g/mol. The van der Waals surface area contributed by atoms with E-state index in [0.717, 1.165) is 11.1 Å². The Labute approximate surface area is 79.2 Å². The van der Waals surface area contributed by atoms with Gasteiger partial charge >= 0.3 is 0 Å². The molecule has 1 aromatic carbocycles. The Morgan fingerprint density at radius 1 is 1.50 bits per heavy atom. The Morgan fingerprint density at radius 3 is 2.67 bits per heavy atom. The molecule has 0 spiro atoms. The molecule has 0 aliphatic heterocycles. The van der Waals surface area contributed by atoms with Crippen LogP contribution in [0.5, 0.6) is 0 Å². The van der Waals surface area contributed by atoms with Gasteiger partial charge in [-0.3, -0.25) is 0 Å². The summed E-state index contributed by atoms with van der Waals surface area (Å²) in [5.74, 6) is -0.283. The Hall–Kier alpha value is -0.670. The molecular weight excluding hydrogens is 221 g/mol. The van der Waals surface area contributed by atoms with Crippen molar-refractivity contribution in [2.24, 2.45) is 5.73 Å². The van der Waals surface area contributed by atoms with E-state index in [1.165, 1.54) is 12.1 Å². The smallest absolute Gasteiger partial charge is 0.124 e. The van der Waals surface area contributed by atoms with Gasteiger partial charge in [-0.15, -0.1) is 0 Å². The lowest BCUT2D eigenvalue weighted by Gasteiger charge is -2.03. The number of rotatable bonds is 2. The maximum atomic E-state index is 12.8. The predicted octanol–water partition coefficient (Wildman–Crippen LogP) is 2.56. The van der Waals surface area contributed by atoms with Crippen molar-refractivity contribution in [1.82, 2.24) is 0 Å². The van der Waals surface area contributed by atoms with Crippen LogP contribution >= 0.6 is 15.9 Å². The van der Waals surface area contributed by atoms with Gasteiger partial charge < -0.3 is 5.73 Å². The minimum atomic E-state index is -0.283. The average molecular weight is 230 g/mol. The highest BCUT2D eigenvalue weighted by molar-refractivity contribution is 9.10. The molecule has 0 unspecified atom stereocenters. The van der Waals surface area contributed by atoms with Gasteiger partial charge in [0.1, 0.15) is 5.82 Å². The number of hydrogen-bond acceptors (Lipinski definition) is 1. The zero-order chi connectivity index (χ0) is 9.14. The first kappa shape index (κ1) is 9.42. The Balaban J connectivity index is 3.08. The molecule has 3 heteroatoms. The first-order chi connectivity index (χ1) is 5.63. The van der Waals surface area contributed by atoms with E-state index in [4.69, 9.17) is 5.73 Å². The second-order valence-corrected chi connectivity index (χ2v) is 3.38. The summed E-state index contributed by atoms with van der Waals surface area (Å²) in [5, 5.41) is 0. The number of benzene rings is 1. The largest absolute Gasteiger partial charge is 0.326 e. The molecule has 0 amide bonds. The zero-order valence-corrected chi connectivity index (χ0v) is 8.07. The average Bonchev–Trinajstić information content (AvgIpc) is 2.01. The summed E-state index contributed by atoms with van der Waals surface area (Å²) < 4.78 is 13.5. The van der Waals surface area contributed by atoms with Crippen molar-refractivity contribution in [3.8, 4) is 0 Å².